The highest BCUT2D eigenvalue weighted by molar-refractivity contribution is 6.22. The van der Waals surface area contributed by atoms with Crippen molar-refractivity contribution in [3.8, 4) is 0 Å². The summed E-state index contributed by atoms with van der Waals surface area (Å²) in [7, 11) is 0. The van der Waals surface area contributed by atoms with E-state index in [0.717, 1.165) is 56.4 Å². The second kappa shape index (κ2) is 8.05. The maximum atomic E-state index is 12.8. The van der Waals surface area contributed by atoms with Gasteiger partial charge in [0, 0.05) is 17.4 Å². The van der Waals surface area contributed by atoms with Crippen molar-refractivity contribution < 1.29 is 27.6 Å². The van der Waals surface area contributed by atoms with Crippen molar-refractivity contribution in [3.63, 3.8) is 0 Å². The summed E-state index contributed by atoms with van der Waals surface area (Å²) in [5, 5.41) is 4.98. The predicted octanol–water partition coefficient (Wildman–Crippen LogP) is 5.28. The highest BCUT2D eigenvalue weighted by Gasteiger charge is 2.40. The summed E-state index contributed by atoms with van der Waals surface area (Å²) >= 11 is 0. The first kappa shape index (κ1) is 20.9. The van der Waals surface area contributed by atoms with Crippen LogP contribution in [0.2, 0.25) is 0 Å². The number of imide groups is 1. The summed E-state index contributed by atoms with van der Waals surface area (Å²) in [6, 6.07) is 7.73. The Balaban J connectivity index is 1.44. The molecular formula is C22H20F3N3O3. The van der Waals surface area contributed by atoms with Gasteiger partial charge in [0.05, 0.1) is 16.7 Å². The maximum absolute atomic E-state index is 12.8. The molecule has 1 saturated carbocycles. The summed E-state index contributed by atoms with van der Waals surface area (Å²) in [4.78, 5) is 39.1. The molecule has 1 aliphatic heterocycles. The second-order valence-corrected chi connectivity index (χ2v) is 7.69. The molecular weight excluding hydrogens is 411 g/mol. The highest BCUT2D eigenvalue weighted by atomic mass is 19.4. The number of amides is 4. The standard InChI is InChI=1S/C22H20F3N3O3/c23-22(24,25)13-6-8-14(9-7-13)26-21(31)27-15-10-11-17-18(12-15)20(30)28(19(17)29)16-4-2-1-3-5-16/h6-12,16H,1-5H2,(H2,26,27,31). The zero-order valence-electron chi connectivity index (χ0n) is 16.5. The second-order valence-electron chi connectivity index (χ2n) is 7.69. The zero-order chi connectivity index (χ0) is 22.2. The summed E-state index contributed by atoms with van der Waals surface area (Å²) < 4.78 is 37.9. The fraction of sp³-hybridized carbons (Fsp3) is 0.318. The van der Waals surface area contributed by atoms with Gasteiger partial charge in [0.2, 0.25) is 0 Å². The van der Waals surface area contributed by atoms with Gasteiger partial charge in [0.1, 0.15) is 0 Å². The Kier molecular flexibility index (Phi) is 5.43. The van der Waals surface area contributed by atoms with E-state index in [1.165, 1.54) is 23.1 Å². The van der Waals surface area contributed by atoms with Crippen molar-refractivity contribution in [1.82, 2.24) is 4.90 Å². The van der Waals surface area contributed by atoms with Gasteiger partial charge >= 0.3 is 12.2 Å². The number of carbonyl (C=O) groups excluding carboxylic acids is 3. The van der Waals surface area contributed by atoms with Crippen LogP contribution in [0.15, 0.2) is 42.5 Å². The van der Waals surface area contributed by atoms with Crippen LogP contribution in [-0.2, 0) is 6.18 Å². The molecule has 1 fully saturated rings. The van der Waals surface area contributed by atoms with E-state index in [4.69, 9.17) is 0 Å². The van der Waals surface area contributed by atoms with E-state index in [0.29, 0.717) is 11.3 Å². The van der Waals surface area contributed by atoms with Crippen LogP contribution in [0, 0.1) is 0 Å². The van der Waals surface area contributed by atoms with Gasteiger partial charge in [-0.2, -0.15) is 13.2 Å². The number of carbonyl (C=O) groups is 3. The van der Waals surface area contributed by atoms with Crippen molar-refractivity contribution in [2.75, 3.05) is 10.6 Å². The van der Waals surface area contributed by atoms with Crippen molar-refractivity contribution in [3.05, 3.63) is 59.2 Å². The Morgan fingerprint density at radius 1 is 0.839 bits per heavy atom. The molecule has 2 N–H and O–H groups in total. The molecule has 9 heteroatoms. The van der Waals surface area contributed by atoms with Gasteiger partial charge in [-0.15, -0.1) is 0 Å². The molecule has 0 radical (unpaired) electrons. The van der Waals surface area contributed by atoms with Crippen LogP contribution in [-0.4, -0.2) is 28.8 Å². The van der Waals surface area contributed by atoms with Gasteiger partial charge in [-0.3, -0.25) is 14.5 Å². The number of rotatable bonds is 3. The molecule has 4 rings (SSSR count). The molecule has 1 aliphatic carbocycles. The number of nitrogens with one attached hydrogen (secondary N) is 2. The van der Waals surface area contributed by atoms with Crippen LogP contribution >= 0.6 is 0 Å². The summed E-state index contributed by atoms with van der Waals surface area (Å²) in [6.07, 6.45) is 0.199. The molecule has 162 valence electrons. The topological polar surface area (TPSA) is 78.5 Å². The number of benzene rings is 2. The van der Waals surface area contributed by atoms with Crippen molar-refractivity contribution in [2.24, 2.45) is 0 Å². The van der Waals surface area contributed by atoms with E-state index in [9.17, 15) is 27.6 Å². The first-order chi connectivity index (χ1) is 14.7. The van der Waals surface area contributed by atoms with Gasteiger partial charge in [0.25, 0.3) is 11.8 Å². The molecule has 0 bridgehead atoms. The molecule has 0 spiro atoms. The summed E-state index contributed by atoms with van der Waals surface area (Å²) in [5.41, 5.74) is 0.214. The fourth-order valence-corrected chi connectivity index (χ4v) is 4.04. The Morgan fingerprint density at radius 2 is 1.42 bits per heavy atom. The molecule has 0 aromatic heterocycles. The average molecular weight is 431 g/mol. The molecule has 6 nitrogen and oxygen atoms in total. The normalized spacial score (nSPS) is 16.9. The van der Waals surface area contributed by atoms with Crippen LogP contribution in [0.5, 0.6) is 0 Å². The molecule has 2 aliphatic rings. The van der Waals surface area contributed by atoms with E-state index < -0.39 is 17.8 Å². The van der Waals surface area contributed by atoms with Crippen LogP contribution in [0.3, 0.4) is 0 Å². The minimum absolute atomic E-state index is 0.0967. The Hall–Kier alpha value is -3.36. The quantitative estimate of drug-likeness (QED) is 0.649. The number of halogens is 3. The lowest BCUT2D eigenvalue weighted by Crippen LogP contribution is -2.40. The average Bonchev–Trinajstić information content (AvgIpc) is 2.98. The number of anilines is 2. The molecule has 2 aromatic rings. The number of urea groups is 1. The molecule has 2 aromatic carbocycles. The molecule has 0 atom stereocenters. The van der Waals surface area contributed by atoms with Gasteiger partial charge in [-0.05, 0) is 55.3 Å². The Morgan fingerprint density at radius 3 is 2.06 bits per heavy atom. The van der Waals surface area contributed by atoms with Crippen LogP contribution < -0.4 is 10.6 Å². The van der Waals surface area contributed by atoms with Crippen LogP contribution in [0.1, 0.15) is 58.4 Å². The molecule has 0 unspecified atom stereocenters. The maximum Gasteiger partial charge on any atom is 0.416 e. The van der Waals surface area contributed by atoms with E-state index in [1.54, 1.807) is 0 Å². The van der Waals surface area contributed by atoms with E-state index in [2.05, 4.69) is 10.6 Å². The summed E-state index contributed by atoms with van der Waals surface area (Å²) in [6.45, 7) is 0. The first-order valence-corrected chi connectivity index (χ1v) is 10.0. The third-order valence-corrected chi connectivity index (χ3v) is 5.59. The van der Waals surface area contributed by atoms with Gasteiger partial charge in [-0.25, -0.2) is 4.79 Å². The smallest absolute Gasteiger partial charge is 0.308 e. The van der Waals surface area contributed by atoms with Crippen molar-refractivity contribution >= 4 is 29.2 Å². The lowest BCUT2D eigenvalue weighted by atomic mass is 9.94. The largest absolute Gasteiger partial charge is 0.416 e. The zero-order valence-corrected chi connectivity index (χ0v) is 16.5. The Labute approximate surface area is 176 Å². The SMILES string of the molecule is O=C(Nc1ccc(C(F)(F)F)cc1)Nc1ccc2c(c1)C(=O)N(C1CCCCC1)C2=O. The molecule has 31 heavy (non-hydrogen) atoms. The number of hydrogen-bond acceptors (Lipinski definition) is 3. The minimum atomic E-state index is -4.46. The predicted molar refractivity (Wildman–Crippen MR) is 108 cm³/mol. The number of alkyl halides is 3. The minimum Gasteiger partial charge on any atom is -0.308 e. The summed E-state index contributed by atoms with van der Waals surface area (Å²) in [5.74, 6) is -0.675. The molecule has 4 amide bonds. The lowest BCUT2D eigenvalue weighted by Gasteiger charge is -2.29. The van der Waals surface area contributed by atoms with Crippen LogP contribution in [0.25, 0.3) is 0 Å². The fourth-order valence-electron chi connectivity index (χ4n) is 4.04. The number of hydrogen-bond donors (Lipinski definition) is 2. The Bertz CT molecular complexity index is 1030. The van der Waals surface area contributed by atoms with Crippen molar-refractivity contribution in [2.45, 2.75) is 44.3 Å². The van der Waals surface area contributed by atoms with Crippen LogP contribution in [0.4, 0.5) is 29.3 Å². The third-order valence-electron chi connectivity index (χ3n) is 5.59. The highest BCUT2D eigenvalue weighted by Crippen LogP contribution is 2.32. The third kappa shape index (κ3) is 4.26. The van der Waals surface area contributed by atoms with Gasteiger partial charge < -0.3 is 10.6 Å². The molecule has 0 saturated heterocycles. The monoisotopic (exact) mass is 431 g/mol. The first-order valence-electron chi connectivity index (χ1n) is 10.0. The number of nitrogens with zero attached hydrogens (tertiary/aromatic N) is 1. The van der Waals surface area contributed by atoms with E-state index >= 15 is 0 Å². The van der Waals surface area contributed by atoms with E-state index in [1.807, 2.05) is 0 Å². The van der Waals surface area contributed by atoms with Gasteiger partial charge in [-0.1, -0.05) is 19.3 Å². The number of fused-ring (bicyclic) bond motifs is 1. The van der Waals surface area contributed by atoms with E-state index in [-0.39, 0.29) is 29.1 Å². The molecule has 1 heterocycles. The lowest BCUT2D eigenvalue weighted by molar-refractivity contribution is -0.137. The van der Waals surface area contributed by atoms with Gasteiger partial charge in [0.15, 0.2) is 0 Å². The van der Waals surface area contributed by atoms with Crippen molar-refractivity contribution in [1.29, 1.82) is 0 Å².